The van der Waals surface area contributed by atoms with Crippen LogP contribution >= 0.6 is 15.9 Å². The molecule has 4 atom stereocenters. The molecule has 1 aliphatic rings. The van der Waals surface area contributed by atoms with Crippen LogP contribution in [0.15, 0.2) is 12.4 Å². The Morgan fingerprint density at radius 1 is 1.71 bits per heavy atom. The van der Waals surface area contributed by atoms with Gasteiger partial charge in [0.05, 0.1) is 6.61 Å². The van der Waals surface area contributed by atoms with Crippen LogP contribution in [-0.4, -0.2) is 48.3 Å². The second kappa shape index (κ2) is 4.69. The second-order valence-electron chi connectivity index (χ2n) is 3.57. The number of hydrogen-bond donors (Lipinski definition) is 2. The third-order valence-corrected chi connectivity index (χ3v) is 3.55. The van der Waals surface area contributed by atoms with E-state index in [0.717, 1.165) is 0 Å². The number of alkyl halides is 1. The van der Waals surface area contributed by atoms with Gasteiger partial charge in [0.1, 0.15) is 29.4 Å². The minimum Gasteiger partial charge on any atom is -0.394 e. The summed E-state index contributed by atoms with van der Waals surface area (Å²) in [4.78, 5) is 13.1. The highest BCUT2D eigenvalue weighted by atomic mass is 79.9. The molecule has 8 nitrogen and oxygen atoms in total. The van der Waals surface area contributed by atoms with Crippen molar-refractivity contribution in [3.63, 3.8) is 0 Å². The Morgan fingerprint density at radius 2 is 2.41 bits per heavy atom. The molecule has 0 amide bonds. The van der Waals surface area contributed by atoms with Crippen LogP contribution in [-0.2, 0) is 4.74 Å². The highest BCUT2D eigenvalue weighted by Crippen LogP contribution is 2.36. The fourth-order valence-corrected chi connectivity index (χ4v) is 2.44. The zero-order chi connectivity index (χ0) is 12.6. The fourth-order valence-electron chi connectivity index (χ4n) is 1.72. The first-order chi connectivity index (χ1) is 8.06. The lowest BCUT2D eigenvalue weighted by atomic mass is 10.2. The molecule has 1 aromatic rings. The third kappa shape index (κ3) is 2.06. The van der Waals surface area contributed by atoms with Crippen molar-refractivity contribution >= 4 is 21.9 Å². The zero-order valence-corrected chi connectivity index (χ0v) is 10.1. The molecule has 0 radical (unpaired) electrons. The summed E-state index contributed by atoms with van der Waals surface area (Å²) in [5.41, 5.74) is 0. The molecule has 0 saturated carbocycles. The molecule has 0 bridgehead atoms. The Hall–Kier alpha value is -1.03. The lowest BCUT2D eigenvalue weighted by Gasteiger charge is -2.12. The van der Waals surface area contributed by atoms with Crippen molar-refractivity contribution in [3.05, 3.63) is 22.5 Å². The maximum absolute atomic E-state index is 10.7. The summed E-state index contributed by atoms with van der Waals surface area (Å²) in [5.74, 6) is -0.370. The molecule has 2 rings (SSSR count). The van der Waals surface area contributed by atoms with Gasteiger partial charge in [-0.25, -0.2) is 4.57 Å². The predicted octanol–water partition coefficient (Wildman–Crippen LogP) is -0.195. The summed E-state index contributed by atoms with van der Waals surface area (Å²) in [5, 5.41) is 29.4. The number of aromatic nitrogens is 2. The van der Waals surface area contributed by atoms with Gasteiger partial charge in [0, 0.05) is 0 Å². The quantitative estimate of drug-likeness (QED) is 0.455. The summed E-state index contributed by atoms with van der Waals surface area (Å²) in [6, 6.07) is 0. The van der Waals surface area contributed by atoms with Crippen LogP contribution in [0, 0.1) is 10.1 Å². The van der Waals surface area contributed by atoms with Crippen LogP contribution in [0.2, 0.25) is 0 Å². The average Bonchev–Trinajstić information content (AvgIpc) is 2.86. The molecule has 1 fully saturated rings. The van der Waals surface area contributed by atoms with E-state index in [2.05, 4.69) is 20.9 Å². The van der Waals surface area contributed by atoms with E-state index in [9.17, 15) is 15.2 Å². The molecule has 2 N–H and O–H groups in total. The fraction of sp³-hybridized carbons (Fsp3) is 0.625. The average molecular weight is 308 g/mol. The van der Waals surface area contributed by atoms with Crippen molar-refractivity contribution in [1.82, 2.24) is 9.55 Å². The van der Waals surface area contributed by atoms with Gasteiger partial charge in [0.25, 0.3) is 0 Å². The highest BCUT2D eigenvalue weighted by Gasteiger charge is 2.46. The van der Waals surface area contributed by atoms with E-state index < -0.39 is 28.2 Å². The minimum atomic E-state index is -0.938. The molecule has 1 aromatic heterocycles. The molecule has 0 aliphatic carbocycles. The number of nitrogens with zero attached hydrogens (tertiary/aromatic N) is 3. The van der Waals surface area contributed by atoms with Gasteiger partial charge >= 0.3 is 5.95 Å². The van der Waals surface area contributed by atoms with Gasteiger partial charge in [-0.05, 0) is 4.92 Å². The lowest BCUT2D eigenvalue weighted by molar-refractivity contribution is -0.398. The monoisotopic (exact) mass is 307 g/mol. The molecule has 0 aromatic carbocycles. The summed E-state index contributed by atoms with van der Waals surface area (Å²) in [6.07, 6.45) is 0.187. The molecule has 9 heteroatoms. The number of aliphatic hydroxyl groups excluding tert-OH is 2. The van der Waals surface area contributed by atoms with E-state index in [1.165, 1.54) is 17.0 Å². The Labute approximate surface area is 104 Å². The van der Waals surface area contributed by atoms with Gasteiger partial charge in [0.15, 0.2) is 6.23 Å². The second-order valence-corrected chi connectivity index (χ2v) is 4.63. The Bertz CT molecular complexity index is 425. The number of imidazole rings is 1. The minimum absolute atomic E-state index is 0.359. The molecule has 17 heavy (non-hydrogen) atoms. The van der Waals surface area contributed by atoms with Gasteiger partial charge < -0.3 is 25.1 Å². The van der Waals surface area contributed by atoms with Gasteiger partial charge in [-0.2, -0.15) is 0 Å². The van der Waals surface area contributed by atoms with Crippen LogP contribution in [0.4, 0.5) is 5.95 Å². The molecular formula is C8H10BrN3O5. The maximum Gasteiger partial charge on any atom is 0.436 e. The van der Waals surface area contributed by atoms with Gasteiger partial charge in [0.2, 0.25) is 0 Å². The van der Waals surface area contributed by atoms with Crippen LogP contribution in [0.5, 0.6) is 0 Å². The number of aliphatic hydroxyl groups is 2. The van der Waals surface area contributed by atoms with Gasteiger partial charge in [-0.1, -0.05) is 20.9 Å². The highest BCUT2D eigenvalue weighted by molar-refractivity contribution is 9.09. The standard InChI is InChI=1S/C8H10BrN3O5/c9-5-6(14)4(3-13)17-7(5)11-2-1-10-8(11)12(15)16/h1-2,4-7,13-14H,3H2/t4-,5-,6-,7?/m1/s1. The summed E-state index contributed by atoms with van der Waals surface area (Å²) < 4.78 is 6.55. The van der Waals surface area contributed by atoms with Crippen molar-refractivity contribution < 1.29 is 19.9 Å². The van der Waals surface area contributed by atoms with Gasteiger partial charge in [-0.15, -0.1) is 0 Å². The van der Waals surface area contributed by atoms with Crippen LogP contribution in [0.1, 0.15) is 6.23 Å². The van der Waals surface area contributed by atoms with Crippen LogP contribution < -0.4 is 0 Å². The van der Waals surface area contributed by atoms with Crippen molar-refractivity contribution in [1.29, 1.82) is 0 Å². The SMILES string of the molecule is O=[N+]([O-])c1nccn1C1O[C@H](CO)[C@@H](O)[C@H]1Br. The maximum atomic E-state index is 10.7. The topological polar surface area (TPSA) is 111 Å². The molecular weight excluding hydrogens is 298 g/mol. The van der Waals surface area contributed by atoms with Crippen molar-refractivity contribution in [2.24, 2.45) is 0 Å². The van der Waals surface area contributed by atoms with E-state index >= 15 is 0 Å². The van der Waals surface area contributed by atoms with Crippen LogP contribution in [0.3, 0.4) is 0 Å². The number of rotatable bonds is 3. The van der Waals surface area contributed by atoms with E-state index in [0.29, 0.717) is 0 Å². The first kappa shape index (κ1) is 12.4. The first-order valence-corrected chi connectivity index (χ1v) is 5.73. The Balaban J connectivity index is 2.29. The van der Waals surface area contributed by atoms with E-state index in [4.69, 9.17) is 9.84 Å². The Kier molecular flexibility index (Phi) is 3.43. The Morgan fingerprint density at radius 3 is 2.94 bits per heavy atom. The summed E-state index contributed by atoms with van der Waals surface area (Å²) in [6.45, 7) is -0.359. The number of nitro groups is 1. The molecule has 2 heterocycles. The van der Waals surface area contributed by atoms with Crippen molar-refractivity contribution in [2.45, 2.75) is 23.3 Å². The largest absolute Gasteiger partial charge is 0.436 e. The van der Waals surface area contributed by atoms with E-state index in [1.54, 1.807) is 0 Å². The molecule has 0 spiro atoms. The predicted molar refractivity (Wildman–Crippen MR) is 58.6 cm³/mol. The van der Waals surface area contributed by atoms with E-state index in [-0.39, 0.29) is 12.6 Å². The normalized spacial score (nSPS) is 32.9. The summed E-state index contributed by atoms with van der Waals surface area (Å²) >= 11 is 3.20. The number of ether oxygens (including phenoxy) is 1. The molecule has 94 valence electrons. The summed E-state index contributed by atoms with van der Waals surface area (Å²) in [7, 11) is 0. The number of hydrogen-bond acceptors (Lipinski definition) is 6. The molecule has 1 saturated heterocycles. The molecule has 1 aliphatic heterocycles. The van der Waals surface area contributed by atoms with Gasteiger partial charge in [-0.3, -0.25) is 0 Å². The first-order valence-electron chi connectivity index (χ1n) is 4.82. The van der Waals surface area contributed by atoms with Crippen molar-refractivity contribution in [3.8, 4) is 0 Å². The molecule has 1 unspecified atom stereocenters. The van der Waals surface area contributed by atoms with Crippen LogP contribution in [0.25, 0.3) is 0 Å². The third-order valence-electron chi connectivity index (χ3n) is 2.56. The zero-order valence-electron chi connectivity index (χ0n) is 8.51. The smallest absolute Gasteiger partial charge is 0.394 e. The lowest BCUT2D eigenvalue weighted by Crippen LogP contribution is -2.29. The van der Waals surface area contributed by atoms with Crippen molar-refractivity contribution in [2.75, 3.05) is 6.61 Å². The van der Waals surface area contributed by atoms with E-state index in [1.807, 2.05) is 0 Å². The number of halogens is 1.